The topological polar surface area (TPSA) is 46.9 Å². The fraction of sp³-hybridized carbons (Fsp3) is 0.474. The Morgan fingerprint density at radius 3 is 2.83 bits per heavy atom. The summed E-state index contributed by atoms with van der Waals surface area (Å²) in [5, 5.41) is 7.50. The average molecular weight is 309 g/mol. The zero-order chi connectivity index (χ0) is 15.8. The number of nitrogens with one attached hydrogen (secondary N) is 1. The highest BCUT2D eigenvalue weighted by Crippen LogP contribution is 2.49. The van der Waals surface area contributed by atoms with Gasteiger partial charge in [0.25, 0.3) is 5.91 Å². The lowest BCUT2D eigenvalue weighted by molar-refractivity contribution is 0.0915. The minimum atomic E-state index is 0.00590. The summed E-state index contributed by atoms with van der Waals surface area (Å²) < 4.78 is 1.75. The third-order valence-corrected chi connectivity index (χ3v) is 5.69. The molecule has 1 heterocycles. The molecule has 120 valence electrons. The van der Waals surface area contributed by atoms with Crippen LogP contribution in [-0.4, -0.2) is 21.7 Å². The molecule has 1 aromatic heterocycles. The molecule has 2 aromatic rings. The van der Waals surface area contributed by atoms with E-state index in [2.05, 4.69) is 17.3 Å². The van der Waals surface area contributed by atoms with E-state index < -0.39 is 0 Å². The number of hydrogen-bond acceptors (Lipinski definition) is 2. The molecule has 1 N–H and O–H groups in total. The molecule has 2 aliphatic rings. The van der Waals surface area contributed by atoms with E-state index >= 15 is 0 Å². The number of nitrogens with zero attached hydrogens (tertiary/aromatic N) is 2. The molecule has 4 atom stereocenters. The van der Waals surface area contributed by atoms with Gasteiger partial charge in [-0.2, -0.15) is 5.10 Å². The molecule has 0 unspecified atom stereocenters. The van der Waals surface area contributed by atoms with E-state index in [1.165, 1.54) is 25.7 Å². The van der Waals surface area contributed by atoms with Crippen molar-refractivity contribution >= 4 is 5.91 Å². The number of benzene rings is 1. The number of hydrogen-bond donors (Lipinski definition) is 1. The Labute approximate surface area is 136 Å². The van der Waals surface area contributed by atoms with Crippen molar-refractivity contribution in [2.24, 2.45) is 17.8 Å². The normalized spacial score (nSPS) is 27.1. The van der Waals surface area contributed by atoms with Crippen molar-refractivity contribution in [2.45, 2.75) is 38.6 Å². The Morgan fingerprint density at radius 1 is 1.26 bits per heavy atom. The van der Waals surface area contributed by atoms with E-state index in [0.717, 1.165) is 17.5 Å². The quantitative estimate of drug-likeness (QED) is 0.940. The summed E-state index contributed by atoms with van der Waals surface area (Å²) in [6.45, 7) is 2.17. The molecule has 0 spiro atoms. The zero-order valence-corrected chi connectivity index (χ0v) is 13.5. The number of carbonyl (C=O) groups excluding carboxylic acids is 1. The van der Waals surface area contributed by atoms with Crippen LogP contribution >= 0.6 is 0 Å². The van der Waals surface area contributed by atoms with Crippen LogP contribution < -0.4 is 5.32 Å². The van der Waals surface area contributed by atoms with Crippen molar-refractivity contribution in [3.8, 4) is 5.69 Å². The van der Waals surface area contributed by atoms with E-state index in [4.69, 9.17) is 0 Å². The van der Waals surface area contributed by atoms with Crippen LogP contribution in [0, 0.1) is 17.8 Å². The van der Waals surface area contributed by atoms with Crippen molar-refractivity contribution in [1.82, 2.24) is 15.1 Å². The molecule has 0 radical (unpaired) electrons. The van der Waals surface area contributed by atoms with Crippen molar-refractivity contribution < 1.29 is 4.79 Å². The summed E-state index contributed by atoms with van der Waals surface area (Å²) in [6, 6.07) is 9.76. The summed E-state index contributed by atoms with van der Waals surface area (Å²) in [4.78, 5) is 12.8. The minimum Gasteiger partial charge on any atom is -0.349 e. The lowest BCUT2D eigenvalue weighted by Gasteiger charge is -2.28. The van der Waals surface area contributed by atoms with Gasteiger partial charge in [-0.25, -0.2) is 4.68 Å². The van der Waals surface area contributed by atoms with Crippen LogP contribution in [0.25, 0.3) is 5.69 Å². The molecule has 2 aliphatic carbocycles. The fourth-order valence-electron chi connectivity index (χ4n) is 4.57. The first kappa shape index (κ1) is 14.5. The number of para-hydroxylation sites is 1. The van der Waals surface area contributed by atoms with E-state index in [0.29, 0.717) is 11.5 Å². The highest BCUT2D eigenvalue weighted by atomic mass is 16.1. The third kappa shape index (κ3) is 2.67. The maximum absolute atomic E-state index is 12.8. The van der Waals surface area contributed by atoms with Crippen LogP contribution in [0.5, 0.6) is 0 Å². The van der Waals surface area contributed by atoms with Gasteiger partial charge >= 0.3 is 0 Å². The van der Waals surface area contributed by atoms with Gasteiger partial charge in [0.2, 0.25) is 0 Å². The van der Waals surface area contributed by atoms with Crippen LogP contribution in [0.1, 0.15) is 43.0 Å². The molecule has 1 aromatic carbocycles. The molecule has 0 saturated heterocycles. The van der Waals surface area contributed by atoms with Crippen molar-refractivity contribution in [2.75, 3.05) is 0 Å². The Bertz CT molecular complexity index is 694. The fourth-order valence-corrected chi connectivity index (χ4v) is 4.57. The zero-order valence-electron chi connectivity index (χ0n) is 13.5. The standard InChI is InChI=1S/C19H23N3O/c1-13(17-12-14-7-8-15(17)11-14)21-19(23)16-5-2-3-6-18(16)22-10-4-9-20-22/h2-6,9-10,13-15,17H,7-8,11-12H2,1H3,(H,21,23)/t13-,14+,15+,17+/m1/s1. The molecule has 2 saturated carbocycles. The van der Waals surface area contributed by atoms with Crippen LogP contribution in [0.15, 0.2) is 42.7 Å². The van der Waals surface area contributed by atoms with Crippen molar-refractivity contribution in [3.05, 3.63) is 48.3 Å². The maximum Gasteiger partial charge on any atom is 0.253 e. The van der Waals surface area contributed by atoms with Gasteiger partial charge in [0, 0.05) is 18.4 Å². The summed E-state index contributed by atoms with van der Waals surface area (Å²) in [5.74, 6) is 2.37. The second-order valence-corrected chi connectivity index (χ2v) is 7.07. The van der Waals surface area contributed by atoms with Crippen molar-refractivity contribution in [1.29, 1.82) is 0 Å². The molecule has 2 fully saturated rings. The summed E-state index contributed by atoms with van der Waals surface area (Å²) in [5.41, 5.74) is 1.52. The van der Waals surface area contributed by atoms with E-state index in [1.807, 2.05) is 36.5 Å². The van der Waals surface area contributed by atoms with Crippen LogP contribution in [-0.2, 0) is 0 Å². The van der Waals surface area contributed by atoms with Crippen LogP contribution in [0.2, 0.25) is 0 Å². The molecule has 4 rings (SSSR count). The maximum atomic E-state index is 12.8. The first-order valence-corrected chi connectivity index (χ1v) is 8.62. The monoisotopic (exact) mass is 309 g/mol. The molecule has 2 bridgehead atoms. The number of amides is 1. The van der Waals surface area contributed by atoms with Gasteiger partial charge in [0.1, 0.15) is 0 Å². The van der Waals surface area contributed by atoms with Crippen LogP contribution in [0.4, 0.5) is 0 Å². The van der Waals surface area contributed by atoms with Gasteiger partial charge in [-0.3, -0.25) is 4.79 Å². The van der Waals surface area contributed by atoms with Gasteiger partial charge < -0.3 is 5.32 Å². The average Bonchev–Trinajstić information content (AvgIpc) is 3.32. The van der Waals surface area contributed by atoms with Gasteiger partial charge in [-0.05, 0) is 62.1 Å². The molecule has 4 heteroatoms. The number of rotatable bonds is 4. The number of aromatic nitrogens is 2. The van der Waals surface area contributed by atoms with Gasteiger partial charge in [0.15, 0.2) is 0 Å². The Balaban J connectivity index is 1.51. The summed E-state index contributed by atoms with van der Waals surface area (Å²) in [7, 11) is 0. The van der Waals surface area contributed by atoms with E-state index in [-0.39, 0.29) is 11.9 Å². The van der Waals surface area contributed by atoms with Gasteiger partial charge in [-0.15, -0.1) is 0 Å². The minimum absolute atomic E-state index is 0.00590. The predicted molar refractivity (Wildman–Crippen MR) is 89.4 cm³/mol. The summed E-state index contributed by atoms with van der Waals surface area (Å²) in [6.07, 6.45) is 8.99. The molecule has 4 nitrogen and oxygen atoms in total. The number of carbonyl (C=O) groups is 1. The smallest absolute Gasteiger partial charge is 0.253 e. The molecule has 23 heavy (non-hydrogen) atoms. The first-order valence-electron chi connectivity index (χ1n) is 8.62. The van der Waals surface area contributed by atoms with Crippen molar-refractivity contribution in [3.63, 3.8) is 0 Å². The van der Waals surface area contributed by atoms with Crippen LogP contribution in [0.3, 0.4) is 0 Å². The lowest BCUT2D eigenvalue weighted by atomic mass is 9.84. The third-order valence-electron chi connectivity index (χ3n) is 5.69. The highest BCUT2D eigenvalue weighted by Gasteiger charge is 2.42. The van der Waals surface area contributed by atoms with E-state index in [1.54, 1.807) is 10.9 Å². The Morgan fingerprint density at radius 2 is 2.13 bits per heavy atom. The SMILES string of the molecule is C[C@@H](NC(=O)c1ccccc1-n1cccn1)[C@@H]1C[C@H]2CC[C@H]1C2. The van der Waals surface area contributed by atoms with Gasteiger partial charge in [-0.1, -0.05) is 18.6 Å². The second-order valence-electron chi connectivity index (χ2n) is 7.07. The molecular formula is C19H23N3O. The van der Waals surface area contributed by atoms with Gasteiger partial charge in [0.05, 0.1) is 11.3 Å². The molecule has 0 aliphatic heterocycles. The molecular weight excluding hydrogens is 286 g/mol. The second kappa shape index (κ2) is 5.84. The lowest BCUT2D eigenvalue weighted by Crippen LogP contribution is -2.40. The summed E-state index contributed by atoms with van der Waals surface area (Å²) >= 11 is 0. The van der Waals surface area contributed by atoms with E-state index in [9.17, 15) is 4.79 Å². The Kier molecular flexibility index (Phi) is 3.68. The first-order chi connectivity index (χ1) is 11.2. The largest absolute Gasteiger partial charge is 0.349 e. The number of fused-ring (bicyclic) bond motifs is 2. The predicted octanol–water partition coefficient (Wildman–Crippen LogP) is 3.43. The highest BCUT2D eigenvalue weighted by molar-refractivity contribution is 5.97. The molecule has 1 amide bonds. The Hall–Kier alpha value is -2.10.